The number of carboxylic acids is 1. The lowest BCUT2D eigenvalue weighted by Gasteiger charge is -2.26. The summed E-state index contributed by atoms with van der Waals surface area (Å²) in [5, 5.41) is 11.6. The first-order valence-electron chi connectivity index (χ1n) is 6.68. The largest absolute Gasteiger partial charge is 0.481 e. The zero-order chi connectivity index (χ0) is 14.8. The molecule has 2 N–H and O–H groups in total. The lowest BCUT2D eigenvalue weighted by atomic mass is 10.0. The maximum Gasteiger partial charge on any atom is 0.303 e. The van der Waals surface area contributed by atoms with Crippen LogP contribution < -0.4 is 5.32 Å². The predicted octanol–water partition coefficient (Wildman–Crippen LogP) is 1.87. The first-order valence-corrected chi connectivity index (χ1v) is 10.1. The van der Waals surface area contributed by atoms with Gasteiger partial charge in [-0.2, -0.15) is 0 Å². The summed E-state index contributed by atoms with van der Waals surface area (Å²) in [4.78, 5) is 22.3. The Bertz CT molecular complexity index is 323. The summed E-state index contributed by atoms with van der Waals surface area (Å²) in [7, 11) is 0.724. The monoisotopic (exact) mass is 369 g/mol. The standard InChI is InChI=1S/C12H21BrNO5P/c13-20-9-1-6-14-10(15)2-4-12(5-3-11(16)17)18-7-8-19-12/h20H,1-9H2,(H,14,15)(H,16,17). The molecule has 6 nitrogen and oxygen atoms in total. The van der Waals surface area contributed by atoms with Crippen molar-refractivity contribution in [3.8, 4) is 0 Å². The summed E-state index contributed by atoms with van der Waals surface area (Å²) in [5.41, 5.74) is 0. The zero-order valence-electron chi connectivity index (χ0n) is 11.3. The van der Waals surface area contributed by atoms with Crippen LogP contribution >= 0.6 is 22.8 Å². The number of carbonyl (C=O) groups excluding carboxylic acids is 1. The molecule has 116 valence electrons. The van der Waals surface area contributed by atoms with Crippen LogP contribution in [0.3, 0.4) is 0 Å². The first-order chi connectivity index (χ1) is 9.58. The number of rotatable bonds is 10. The van der Waals surface area contributed by atoms with Crippen molar-refractivity contribution in [2.24, 2.45) is 0 Å². The van der Waals surface area contributed by atoms with Crippen molar-refractivity contribution in [3.63, 3.8) is 0 Å². The van der Waals surface area contributed by atoms with E-state index in [0.29, 0.717) is 26.2 Å². The Morgan fingerprint density at radius 1 is 1.25 bits per heavy atom. The lowest BCUT2D eigenvalue weighted by Crippen LogP contribution is -2.34. The first kappa shape index (κ1) is 17.8. The normalized spacial score (nSPS) is 17.6. The van der Waals surface area contributed by atoms with Crippen molar-refractivity contribution in [2.75, 3.05) is 25.9 Å². The summed E-state index contributed by atoms with van der Waals surface area (Å²) in [6.07, 6.45) is 2.94. The number of carboxylic acid groups (broad SMARTS) is 1. The van der Waals surface area contributed by atoms with Crippen molar-refractivity contribution in [1.82, 2.24) is 5.32 Å². The topological polar surface area (TPSA) is 84.9 Å². The van der Waals surface area contributed by atoms with Gasteiger partial charge in [0.2, 0.25) is 5.91 Å². The fourth-order valence-corrected chi connectivity index (χ4v) is 3.13. The Hall–Kier alpha value is -0.230. The van der Waals surface area contributed by atoms with Crippen LogP contribution in [-0.4, -0.2) is 48.7 Å². The fraction of sp³-hybridized carbons (Fsp3) is 0.833. The molecular weight excluding hydrogens is 349 g/mol. The molecule has 1 fully saturated rings. The summed E-state index contributed by atoms with van der Waals surface area (Å²) in [5.74, 6) is -1.83. The lowest BCUT2D eigenvalue weighted by molar-refractivity contribution is -0.174. The third kappa shape index (κ3) is 6.97. The molecule has 0 saturated carbocycles. The van der Waals surface area contributed by atoms with E-state index >= 15 is 0 Å². The molecule has 1 amide bonds. The molecule has 1 aliphatic rings. The molecule has 8 heteroatoms. The van der Waals surface area contributed by atoms with Gasteiger partial charge in [-0.15, -0.1) is 0 Å². The third-order valence-electron chi connectivity index (χ3n) is 3.04. The Balaban J connectivity index is 2.28. The SMILES string of the molecule is O=C(O)CCC1(CCC(=O)NCCCPBr)OCCO1. The van der Waals surface area contributed by atoms with Crippen LogP contribution in [0.5, 0.6) is 0 Å². The Morgan fingerprint density at radius 3 is 2.50 bits per heavy atom. The number of halogens is 1. The molecule has 0 radical (unpaired) electrons. The van der Waals surface area contributed by atoms with E-state index < -0.39 is 11.8 Å². The minimum absolute atomic E-state index is 0.0200. The van der Waals surface area contributed by atoms with Crippen LogP contribution in [0, 0.1) is 0 Å². The minimum Gasteiger partial charge on any atom is -0.481 e. The molecule has 1 atom stereocenters. The smallest absolute Gasteiger partial charge is 0.303 e. The molecule has 0 aliphatic carbocycles. The Morgan fingerprint density at radius 2 is 1.90 bits per heavy atom. The number of amides is 1. The van der Waals surface area contributed by atoms with Crippen LogP contribution in [-0.2, 0) is 19.1 Å². The summed E-state index contributed by atoms with van der Waals surface area (Å²) < 4.78 is 11.0. The maximum absolute atomic E-state index is 11.7. The average molecular weight is 370 g/mol. The van der Waals surface area contributed by atoms with Gasteiger partial charge < -0.3 is 19.9 Å². The molecule has 20 heavy (non-hydrogen) atoms. The van der Waals surface area contributed by atoms with E-state index in [1.165, 1.54) is 0 Å². The van der Waals surface area contributed by atoms with Gasteiger partial charge in [-0.25, -0.2) is 0 Å². The molecule has 0 bridgehead atoms. The van der Waals surface area contributed by atoms with Crippen molar-refractivity contribution < 1.29 is 24.2 Å². The zero-order valence-corrected chi connectivity index (χ0v) is 13.9. The van der Waals surface area contributed by atoms with Crippen molar-refractivity contribution in [3.05, 3.63) is 0 Å². The van der Waals surface area contributed by atoms with Crippen LogP contribution in [0.4, 0.5) is 0 Å². The van der Waals surface area contributed by atoms with Gasteiger partial charge in [0.05, 0.1) is 19.6 Å². The van der Waals surface area contributed by atoms with Gasteiger partial charge in [-0.3, -0.25) is 9.59 Å². The second-order valence-electron chi connectivity index (χ2n) is 4.59. The summed E-state index contributed by atoms with van der Waals surface area (Å²) >= 11 is 3.36. The minimum atomic E-state index is -0.896. The number of hydrogen-bond donors (Lipinski definition) is 2. The second kappa shape index (κ2) is 9.66. The number of aliphatic carboxylic acids is 1. The van der Waals surface area contributed by atoms with Crippen LogP contribution in [0.25, 0.3) is 0 Å². The highest BCUT2D eigenvalue weighted by molar-refractivity contribution is 9.36. The van der Waals surface area contributed by atoms with E-state index in [2.05, 4.69) is 20.8 Å². The Labute approximate surface area is 128 Å². The van der Waals surface area contributed by atoms with E-state index in [1.54, 1.807) is 0 Å². The van der Waals surface area contributed by atoms with E-state index in [0.717, 1.165) is 19.9 Å². The van der Waals surface area contributed by atoms with Crippen LogP contribution in [0.1, 0.15) is 32.1 Å². The number of carbonyl (C=O) groups is 2. The average Bonchev–Trinajstić information content (AvgIpc) is 2.89. The van der Waals surface area contributed by atoms with E-state index in [4.69, 9.17) is 14.6 Å². The van der Waals surface area contributed by atoms with Gasteiger partial charge in [0, 0.05) is 25.8 Å². The molecule has 1 rings (SSSR count). The highest BCUT2D eigenvalue weighted by Gasteiger charge is 2.36. The predicted molar refractivity (Wildman–Crippen MR) is 80.5 cm³/mol. The molecule has 1 heterocycles. The van der Waals surface area contributed by atoms with E-state index in [-0.39, 0.29) is 25.2 Å². The fourth-order valence-electron chi connectivity index (χ4n) is 1.98. The van der Waals surface area contributed by atoms with Crippen molar-refractivity contribution >= 4 is 34.6 Å². The second-order valence-corrected chi connectivity index (χ2v) is 7.04. The van der Waals surface area contributed by atoms with Gasteiger partial charge in [-0.05, 0) is 12.6 Å². The molecule has 1 aliphatic heterocycles. The van der Waals surface area contributed by atoms with Crippen molar-refractivity contribution in [1.29, 1.82) is 0 Å². The van der Waals surface area contributed by atoms with Crippen LogP contribution in [0.2, 0.25) is 0 Å². The molecule has 1 saturated heterocycles. The van der Waals surface area contributed by atoms with Crippen LogP contribution in [0.15, 0.2) is 0 Å². The van der Waals surface area contributed by atoms with E-state index in [1.807, 2.05) is 0 Å². The molecule has 0 spiro atoms. The molecule has 1 unspecified atom stereocenters. The number of nitrogens with one attached hydrogen (secondary N) is 1. The highest BCUT2D eigenvalue weighted by atomic mass is 79.9. The quantitative estimate of drug-likeness (QED) is 0.453. The summed E-state index contributed by atoms with van der Waals surface area (Å²) in [6.45, 7) is 1.57. The molecular formula is C12H21BrNO5P. The van der Waals surface area contributed by atoms with Gasteiger partial charge in [-0.1, -0.05) is 22.8 Å². The highest BCUT2D eigenvalue weighted by Crippen LogP contribution is 2.30. The van der Waals surface area contributed by atoms with Gasteiger partial charge >= 0.3 is 5.97 Å². The van der Waals surface area contributed by atoms with Gasteiger partial charge in [0.15, 0.2) is 5.79 Å². The van der Waals surface area contributed by atoms with E-state index in [9.17, 15) is 9.59 Å². The third-order valence-corrected chi connectivity index (χ3v) is 4.77. The molecule has 0 aromatic carbocycles. The van der Waals surface area contributed by atoms with Gasteiger partial charge in [0.1, 0.15) is 0 Å². The summed E-state index contributed by atoms with van der Waals surface area (Å²) in [6, 6.07) is 0. The maximum atomic E-state index is 11.7. The molecule has 0 aromatic heterocycles. The molecule has 0 aromatic rings. The van der Waals surface area contributed by atoms with Crippen molar-refractivity contribution in [2.45, 2.75) is 37.9 Å². The number of hydrogen-bond acceptors (Lipinski definition) is 4. The number of ether oxygens (including phenoxy) is 2. The Kier molecular flexibility index (Phi) is 8.61. The van der Waals surface area contributed by atoms with Gasteiger partial charge in [0.25, 0.3) is 0 Å².